The van der Waals surface area contributed by atoms with Gasteiger partial charge in [0, 0.05) is 10.2 Å². The topological polar surface area (TPSA) is 72.2 Å². The lowest BCUT2D eigenvalue weighted by atomic mass is 10.2. The molecule has 0 atom stereocenters. The Labute approximate surface area is 125 Å². The van der Waals surface area contributed by atoms with Crippen molar-refractivity contribution in [3.63, 3.8) is 0 Å². The van der Waals surface area contributed by atoms with Crippen LogP contribution in [0.3, 0.4) is 0 Å². The highest BCUT2D eigenvalue weighted by Crippen LogP contribution is 2.27. The molecule has 0 aromatic heterocycles. The molecule has 0 aliphatic rings. The number of hydrogen-bond donors (Lipinski definition) is 2. The fraction of sp³-hybridized carbons (Fsp3) is 0.0769. The van der Waals surface area contributed by atoms with E-state index in [0.29, 0.717) is 15.7 Å². The molecule has 2 aromatic carbocycles. The monoisotopic (exact) mass is 358 g/mol. The summed E-state index contributed by atoms with van der Waals surface area (Å²) in [5.74, 6) is -0.968. The SMILES string of the molecule is Nc1ccccc1CS(=O)(=O)Nc1c(F)cccc1Br. The van der Waals surface area contributed by atoms with Crippen LogP contribution in [0.25, 0.3) is 0 Å². The summed E-state index contributed by atoms with van der Waals surface area (Å²) in [6.07, 6.45) is 0. The van der Waals surface area contributed by atoms with E-state index >= 15 is 0 Å². The van der Waals surface area contributed by atoms with Crippen molar-refractivity contribution in [1.82, 2.24) is 0 Å². The average Bonchev–Trinajstić information content (AvgIpc) is 2.37. The van der Waals surface area contributed by atoms with Crippen molar-refractivity contribution in [2.75, 3.05) is 10.5 Å². The van der Waals surface area contributed by atoms with Gasteiger partial charge in [0.2, 0.25) is 10.0 Å². The molecule has 4 nitrogen and oxygen atoms in total. The minimum absolute atomic E-state index is 0.109. The maximum absolute atomic E-state index is 13.6. The molecule has 0 bridgehead atoms. The van der Waals surface area contributed by atoms with Crippen LogP contribution < -0.4 is 10.5 Å². The summed E-state index contributed by atoms with van der Waals surface area (Å²) < 4.78 is 40.3. The van der Waals surface area contributed by atoms with Crippen LogP contribution in [-0.2, 0) is 15.8 Å². The molecule has 3 N–H and O–H groups in total. The van der Waals surface area contributed by atoms with Crippen molar-refractivity contribution in [2.24, 2.45) is 0 Å². The second kappa shape index (κ2) is 5.80. The first-order valence-electron chi connectivity index (χ1n) is 5.67. The molecule has 2 rings (SSSR count). The summed E-state index contributed by atoms with van der Waals surface area (Å²) in [5.41, 5.74) is 6.44. The Morgan fingerprint density at radius 3 is 2.50 bits per heavy atom. The van der Waals surface area contributed by atoms with Crippen LogP contribution in [0, 0.1) is 5.82 Å². The van der Waals surface area contributed by atoms with Crippen LogP contribution in [0.2, 0.25) is 0 Å². The molecular weight excluding hydrogens is 347 g/mol. The maximum atomic E-state index is 13.6. The minimum atomic E-state index is -3.76. The fourth-order valence-electron chi connectivity index (χ4n) is 1.66. The van der Waals surface area contributed by atoms with Gasteiger partial charge in [-0.1, -0.05) is 24.3 Å². The fourth-order valence-corrected chi connectivity index (χ4v) is 3.49. The Kier molecular flexibility index (Phi) is 4.29. The van der Waals surface area contributed by atoms with Gasteiger partial charge < -0.3 is 5.73 Å². The Morgan fingerprint density at radius 2 is 1.85 bits per heavy atom. The summed E-state index contributed by atoms with van der Waals surface area (Å²) in [5, 5.41) is 0. The zero-order valence-corrected chi connectivity index (χ0v) is 12.7. The predicted molar refractivity (Wildman–Crippen MR) is 81.2 cm³/mol. The van der Waals surface area contributed by atoms with Crippen LogP contribution in [0.5, 0.6) is 0 Å². The highest BCUT2D eigenvalue weighted by atomic mass is 79.9. The van der Waals surface area contributed by atoms with Crippen molar-refractivity contribution >= 4 is 37.3 Å². The molecule has 0 heterocycles. The summed E-state index contributed by atoms with van der Waals surface area (Å²) in [6, 6.07) is 10.9. The first-order chi connectivity index (χ1) is 9.39. The summed E-state index contributed by atoms with van der Waals surface area (Å²) >= 11 is 3.11. The number of halogens is 2. The number of nitrogens with two attached hydrogens (primary N) is 1. The zero-order chi connectivity index (χ0) is 14.8. The molecule has 20 heavy (non-hydrogen) atoms. The third-order valence-electron chi connectivity index (χ3n) is 2.62. The minimum Gasteiger partial charge on any atom is -0.398 e. The molecule has 0 spiro atoms. The van der Waals surface area contributed by atoms with Crippen LogP contribution in [0.15, 0.2) is 46.9 Å². The lowest BCUT2D eigenvalue weighted by Crippen LogP contribution is -2.17. The maximum Gasteiger partial charge on any atom is 0.237 e. The van der Waals surface area contributed by atoms with Crippen LogP contribution in [-0.4, -0.2) is 8.42 Å². The van der Waals surface area contributed by atoms with Crippen molar-refractivity contribution in [3.05, 3.63) is 58.3 Å². The molecule has 0 fully saturated rings. The predicted octanol–water partition coefficient (Wildman–Crippen LogP) is 3.11. The van der Waals surface area contributed by atoms with Crippen LogP contribution in [0.4, 0.5) is 15.8 Å². The molecule has 0 aliphatic carbocycles. The quantitative estimate of drug-likeness (QED) is 0.824. The van der Waals surface area contributed by atoms with Crippen molar-refractivity contribution < 1.29 is 12.8 Å². The van der Waals surface area contributed by atoms with Crippen molar-refractivity contribution in [1.29, 1.82) is 0 Å². The number of benzene rings is 2. The Bertz CT molecular complexity index is 715. The molecule has 0 unspecified atom stereocenters. The number of anilines is 2. The van der Waals surface area contributed by atoms with E-state index in [2.05, 4.69) is 20.7 Å². The number of para-hydroxylation sites is 2. The van der Waals surface area contributed by atoms with Gasteiger partial charge in [-0.2, -0.15) is 0 Å². The van der Waals surface area contributed by atoms with Gasteiger partial charge in [0.15, 0.2) is 0 Å². The Balaban J connectivity index is 2.27. The third-order valence-corrected chi connectivity index (χ3v) is 4.49. The number of rotatable bonds is 4. The molecule has 0 radical (unpaired) electrons. The molecule has 0 aliphatic heterocycles. The second-order valence-corrected chi connectivity index (χ2v) is 6.73. The summed E-state index contributed by atoms with van der Waals surface area (Å²) in [7, 11) is -3.76. The van der Waals surface area contributed by atoms with E-state index in [1.54, 1.807) is 30.3 Å². The average molecular weight is 359 g/mol. The van der Waals surface area contributed by atoms with Gasteiger partial charge in [0.05, 0.1) is 11.4 Å². The second-order valence-electron chi connectivity index (χ2n) is 4.16. The van der Waals surface area contributed by atoms with Gasteiger partial charge in [-0.05, 0) is 39.7 Å². The highest BCUT2D eigenvalue weighted by Gasteiger charge is 2.17. The summed E-state index contributed by atoms with van der Waals surface area (Å²) in [4.78, 5) is 0. The van der Waals surface area contributed by atoms with E-state index in [0.717, 1.165) is 0 Å². The van der Waals surface area contributed by atoms with Crippen LogP contribution >= 0.6 is 15.9 Å². The zero-order valence-electron chi connectivity index (χ0n) is 10.3. The Morgan fingerprint density at radius 1 is 1.15 bits per heavy atom. The van der Waals surface area contributed by atoms with E-state index in [1.165, 1.54) is 12.1 Å². The lowest BCUT2D eigenvalue weighted by molar-refractivity contribution is 0.597. The van der Waals surface area contributed by atoms with Crippen molar-refractivity contribution in [3.8, 4) is 0 Å². The Hall–Kier alpha value is -1.60. The van der Waals surface area contributed by atoms with E-state index in [4.69, 9.17) is 5.73 Å². The van der Waals surface area contributed by atoms with E-state index in [9.17, 15) is 12.8 Å². The van der Waals surface area contributed by atoms with Gasteiger partial charge in [0.25, 0.3) is 0 Å². The molecule has 0 saturated carbocycles. The molecule has 106 valence electrons. The third kappa shape index (κ3) is 3.49. The lowest BCUT2D eigenvalue weighted by Gasteiger charge is -2.11. The molecular formula is C13H12BrFN2O2S. The van der Waals surface area contributed by atoms with Gasteiger partial charge in [-0.25, -0.2) is 12.8 Å². The molecule has 7 heteroatoms. The number of nitrogen functional groups attached to an aromatic ring is 1. The molecule has 2 aromatic rings. The van der Waals surface area contributed by atoms with E-state index in [-0.39, 0.29) is 11.4 Å². The smallest absolute Gasteiger partial charge is 0.237 e. The molecule has 0 saturated heterocycles. The number of sulfonamides is 1. The van der Waals surface area contributed by atoms with Gasteiger partial charge in [0.1, 0.15) is 5.82 Å². The first kappa shape index (κ1) is 14.8. The van der Waals surface area contributed by atoms with E-state index < -0.39 is 15.8 Å². The highest BCUT2D eigenvalue weighted by molar-refractivity contribution is 9.10. The van der Waals surface area contributed by atoms with Gasteiger partial charge in [-0.3, -0.25) is 4.72 Å². The van der Waals surface area contributed by atoms with Gasteiger partial charge >= 0.3 is 0 Å². The summed E-state index contributed by atoms with van der Waals surface area (Å²) in [6.45, 7) is 0. The van der Waals surface area contributed by atoms with E-state index in [1.807, 2.05) is 0 Å². The number of hydrogen-bond acceptors (Lipinski definition) is 3. The first-order valence-corrected chi connectivity index (χ1v) is 8.11. The largest absolute Gasteiger partial charge is 0.398 e. The van der Waals surface area contributed by atoms with Crippen LogP contribution in [0.1, 0.15) is 5.56 Å². The standard InChI is InChI=1S/C13H12BrFN2O2S/c14-10-5-3-6-11(15)13(10)17-20(18,19)8-9-4-1-2-7-12(9)16/h1-7,17H,8,16H2. The van der Waals surface area contributed by atoms with Crippen molar-refractivity contribution in [2.45, 2.75) is 5.75 Å². The number of nitrogens with one attached hydrogen (secondary N) is 1. The molecule has 0 amide bonds. The van der Waals surface area contributed by atoms with Gasteiger partial charge in [-0.15, -0.1) is 0 Å². The normalized spacial score (nSPS) is 11.3.